The van der Waals surface area contributed by atoms with Gasteiger partial charge in [-0.2, -0.15) is 0 Å². The van der Waals surface area contributed by atoms with Crippen LogP contribution in [0.2, 0.25) is 0 Å². The molecule has 2 aliphatic rings. The lowest BCUT2D eigenvalue weighted by Gasteiger charge is -2.27. The molecule has 4 rings (SSSR count). The molecule has 2 fully saturated rings. The Labute approximate surface area is 129 Å². The molecule has 1 aliphatic heterocycles. The minimum atomic E-state index is 0.823. The van der Waals surface area contributed by atoms with E-state index in [1.165, 1.54) is 42.9 Å². The Morgan fingerprint density at radius 2 is 2.33 bits per heavy atom. The summed E-state index contributed by atoms with van der Waals surface area (Å²) in [6.45, 7) is 2.35. The first-order chi connectivity index (χ1) is 10.3. The predicted molar refractivity (Wildman–Crippen MR) is 85.6 cm³/mol. The zero-order valence-corrected chi connectivity index (χ0v) is 13.1. The average Bonchev–Trinajstić information content (AvgIpc) is 3.25. The van der Waals surface area contributed by atoms with E-state index in [9.17, 15) is 0 Å². The van der Waals surface area contributed by atoms with Crippen molar-refractivity contribution in [3.05, 3.63) is 35.3 Å². The lowest BCUT2D eigenvalue weighted by molar-refractivity contribution is 0.205. The second kappa shape index (κ2) is 5.43. The minimum absolute atomic E-state index is 0.823. The van der Waals surface area contributed by atoms with E-state index in [2.05, 4.69) is 32.9 Å². The number of hydrogen-bond donors (Lipinski definition) is 0. The van der Waals surface area contributed by atoms with Crippen LogP contribution in [0.15, 0.2) is 29.8 Å². The quantitative estimate of drug-likeness (QED) is 0.858. The van der Waals surface area contributed by atoms with Crippen molar-refractivity contribution in [3.8, 4) is 16.9 Å². The van der Waals surface area contributed by atoms with E-state index in [0.717, 1.165) is 35.4 Å². The molecule has 2 atom stereocenters. The van der Waals surface area contributed by atoms with Crippen LogP contribution in [0.4, 0.5) is 0 Å². The van der Waals surface area contributed by atoms with Crippen LogP contribution in [-0.2, 0) is 6.54 Å². The Morgan fingerprint density at radius 3 is 3.00 bits per heavy atom. The molecular formula is C17H20N2OS. The molecule has 21 heavy (non-hydrogen) atoms. The van der Waals surface area contributed by atoms with Gasteiger partial charge < -0.3 is 4.74 Å². The summed E-state index contributed by atoms with van der Waals surface area (Å²) in [4.78, 5) is 2.66. The van der Waals surface area contributed by atoms with Gasteiger partial charge in [0.15, 0.2) is 0 Å². The van der Waals surface area contributed by atoms with Gasteiger partial charge in [-0.05, 0) is 54.4 Å². The van der Waals surface area contributed by atoms with Crippen molar-refractivity contribution in [3.63, 3.8) is 0 Å². The summed E-state index contributed by atoms with van der Waals surface area (Å²) in [6, 6.07) is 7.39. The number of nitrogens with zero attached hydrogens (tertiary/aromatic N) is 2. The van der Waals surface area contributed by atoms with Crippen LogP contribution in [0.3, 0.4) is 0 Å². The van der Waals surface area contributed by atoms with Crippen LogP contribution in [0.25, 0.3) is 11.1 Å². The van der Waals surface area contributed by atoms with Gasteiger partial charge in [0.25, 0.3) is 0 Å². The minimum Gasteiger partial charge on any atom is -0.496 e. The highest BCUT2D eigenvalue weighted by Crippen LogP contribution is 2.39. The van der Waals surface area contributed by atoms with Crippen LogP contribution in [-0.4, -0.2) is 29.0 Å². The fourth-order valence-electron chi connectivity index (χ4n) is 3.87. The molecule has 1 aromatic heterocycles. The van der Waals surface area contributed by atoms with Gasteiger partial charge in [0.2, 0.25) is 0 Å². The summed E-state index contributed by atoms with van der Waals surface area (Å²) in [6.07, 6.45) is 6.17. The largest absolute Gasteiger partial charge is 0.496 e. The molecular weight excluding hydrogens is 280 g/mol. The average molecular weight is 300 g/mol. The lowest BCUT2D eigenvalue weighted by atomic mass is 10.0. The van der Waals surface area contributed by atoms with Gasteiger partial charge in [0.05, 0.1) is 7.11 Å². The van der Waals surface area contributed by atoms with Crippen LogP contribution in [0, 0.1) is 5.92 Å². The topological polar surface area (TPSA) is 25.4 Å². The number of piperidine rings is 1. The molecule has 3 nitrogen and oxygen atoms in total. The maximum atomic E-state index is 5.51. The third-order valence-corrected chi connectivity index (χ3v) is 5.50. The van der Waals surface area contributed by atoms with E-state index in [-0.39, 0.29) is 0 Å². The first-order valence-electron chi connectivity index (χ1n) is 7.64. The van der Waals surface area contributed by atoms with Crippen LogP contribution in [0.1, 0.15) is 24.8 Å². The molecule has 1 aliphatic carbocycles. The molecule has 1 aromatic carbocycles. The van der Waals surface area contributed by atoms with E-state index in [1.54, 1.807) is 7.11 Å². The fourth-order valence-corrected chi connectivity index (χ4v) is 4.41. The molecule has 2 aromatic rings. The number of benzene rings is 1. The van der Waals surface area contributed by atoms with Gasteiger partial charge in [0.1, 0.15) is 5.75 Å². The summed E-state index contributed by atoms with van der Waals surface area (Å²) in [7, 11) is 1.73. The number of fused-ring (bicyclic) bond motifs is 2. The molecule has 0 N–H and O–H groups in total. The Bertz CT molecular complexity index is 626. The fraction of sp³-hybridized carbons (Fsp3) is 0.471. The molecule has 1 saturated carbocycles. The van der Waals surface area contributed by atoms with E-state index in [0.29, 0.717) is 0 Å². The second-order valence-corrected chi connectivity index (χ2v) is 6.87. The maximum Gasteiger partial charge on any atom is 0.126 e. The molecule has 0 unspecified atom stereocenters. The normalized spacial score (nSPS) is 24.6. The van der Waals surface area contributed by atoms with Gasteiger partial charge in [-0.15, -0.1) is 0 Å². The number of aromatic nitrogens is 1. The third-order valence-electron chi connectivity index (χ3n) is 4.92. The van der Waals surface area contributed by atoms with E-state index in [1.807, 2.05) is 6.20 Å². The van der Waals surface area contributed by atoms with Crippen molar-refractivity contribution in [2.24, 2.45) is 5.92 Å². The zero-order chi connectivity index (χ0) is 14.2. The summed E-state index contributed by atoms with van der Waals surface area (Å²) in [5.74, 6) is 1.88. The number of ether oxygens (including phenoxy) is 1. The molecule has 2 heterocycles. The SMILES string of the molecule is COc1ccc(CN2C[C@H]3CC[C@H]2C3)cc1-c1cnsc1. The van der Waals surface area contributed by atoms with Crippen LogP contribution < -0.4 is 4.74 Å². The Balaban J connectivity index is 1.60. The van der Waals surface area contributed by atoms with E-state index < -0.39 is 0 Å². The lowest BCUT2D eigenvalue weighted by Crippen LogP contribution is -2.31. The number of likely N-dealkylation sites (tertiary alicyclic amines) is 1. The van der Waals surface area contributed by atoms with Crippen molar-refractivity contribution >= 4 is 11.5 Å². The molecule has 0 radical (unpaired) electrons. The molecule has 0 spiro atoms. The Hall–Kier alpha value is -1.39. The summed E-state index contributed by atoms with van der Waals surface area (Å²) >= 11 is 1.49. The Morgan fingerprint density at radius 1 is 1.38 bits per heavy atom. The van der Waals surface area contributed by atoms with Gasteiger partial charge in [0, 0.05) is 41.8 Å². The first-order valence-corrected chi connectivity index (χ1v) is 8.48. The van der Waals surface area contributed by atoms with Crippen molar-refractivity contribution in [1.29, 1.82) is 0 Å². The molecule has 0 amide bonds. The maximum absolute atomic E-state index is 5.51. The highest BCUT2D eigenvalue weighted by Gasteiger charge is 2.37. The van der Waals surface area contributed by atoms with Crippen molar-refractivity contribution < 1.29 is 4.74 Å². The van der Waals surface area contributed by atoms with Gasteiger partial charge in [-0.1, -0.05) is 6.07 Å². The zero-order valence-electron chi connectivity index (χ0n) is 12.3. The highest BCUT2D eigenvalue weighted by atomic mass is 32.1. The second-order valence-electron chi connectivity index (χ2n) is 6.21. The predicted octanol–water partition coefficient (Wildman–Crippen LogP) is 3.80. The molecule has 2 bridgehead atoms. The van der Waals surface area contributed by atoms with Crippen molar-refractivity contribution in [1.82, 2.24) is 9.27 Å². The van der Waals surface area contributed by atoms with Crippen LogP contribution in [0.5, 0.6) is 5.75 Å². The highest BCUT2D eigenvalue weighted by molar-refractivity contribution is 7.03. The summed E-state index contributed by atoms with van der Waals surface area (Å²) in [5.41, 5.74) is 3.69. The number of hydrogen-bond acceptors (Lipinski definition) is 4. The van der Waals surface area contributed by atoms with E-state index >= 15 is 0 Å². The number of methoxy groups -OCH3 is 1. The summed E-state index contributed by atoms with van der Waals surface area (Å²) < 4.78 is 9.72. The van der Waals surface area contributed by atoms with Crippen LogP contribution >= 0.6 is 11.5 Å². The number of rotatable bonds is 4. The summed E-state index contributed by atoms with van der Waals surface area (Å²) in [5, 5.41) is 2.08. The third kappa shape index (κ3) is 2.47. The monoisotopic (exact) mass is 300 g/mol. The standard InChI is InChI=1S/C17H20N2OS/c1-20-17-5-3-13(7-16(17)14-8-18-21-11-14)10-19-9-12-2-4-15(19)6-12/h3,5,7-8,11-12,15H,2,4,6,9-10H2,1H3/t12-,15-/m0/s1. The molecule has 110 valence electrons. The van der Waals surface area contributed by atoms with Crippen molar-refractivity contribution in [2.45, 2.75) is 31.8 Å². The molecule has 4 heteroatoms. The molecule has 1 saturated heterocycles. The van der Waals surface area contributed by atoms with Gasteiger partial charge in [-0.25, -0.2) is 4.37 Å². The van der Waals surface area contributed by atoms with Gasteiger partial charge in [-0.3, -0.25) is 4.90 Å². The van der Waals surface area contributed by atoms with Gasteiger partial charge >= 0.3 is 0 Å². The van der Waals surface area contributed by atoms with Crippen molar-refractivity contribution in [2.75, 3.05) is 13.7 Å². The van der Waals surface area contributed by atoms with E-state index in [4.69, 9.17) is 4.74 Å². The first kappa shape index (κ1) is 13.3. The smallest absolute Gasteiger partial charge is 0.126 e. The Kier molecular flexibility index (Phi) is 3.43.